The van der Waals surface area contributed by atoms with E-state index < -0.39 is 41.8 Å². The van der Waals surface area contributed by atoms with Crippen molar-refractivity contribution < 1.29 is 19.2 Å². The Balaban J connectivity index is 1.76. The van der Waals surface area contributed by atoms with Crippen LogP contribution in [0.25, 0.3) is 0 Å². The van der Waals surface area contributed by atoms with Crippen LogP contribution in [0.15, 0.2) is 42.5 Å². The molecule has 1 heterocycles. The predicted octanol–water partition coefficient (Wildman–Crippen LogP) is 4.31. The number of rotatable bonds is 6. The van der Waals surface area contributed by atoms with E-state index in [2.05, 4.69) is 5.32 Å². The summed E-state index contributed by atoms with van der Waals surface area (Å²) in [6, 6.07) is 10.5. The number of hydrogen-bond acceptors (Lipinski definition) is 4. The number of aryl methyl sites for hydroxylation is 2. The van der Waals surface area contributed by atoms with Crippen LogP contribution < -0.4 is 16.0 Å². The number of halogens is 1. The van der Waals surface area contributed by atoms with Gasteiger partial charge in [0.2, 0.25) is 11.8 Å². The highest BCUT2D eigenvalue weighted by molar-refractivity contribution is 6.34. The van der Waals surface area contributed by atoms with Gasteiger partial charge in [-0.15, -0.1) is 0 Å². The molecule has 3 N–H and O–H groups in total. The van der Waals surface area contributed by atoms with Crippen LogP contribution in [-0.2, 0) is 14.4 Å². The lowest BCUT2D eigenvalue weighted by Crippen LogP contribution is -2.52. The van der Waals surface area contributed by atoms with E-state index in [1.54, 1.807) is 37.3 Å². The number of hydrogen-bond donors (Lipinski definition) is 2. The first-order valence-electron chi connectivity index (χ1n) is 11.7. The van der Waals surface area contributed by atoms with Gasteiger partial charge in [0.05, 0.1) is 17.1 Å². The molecule has 4 rings (SSSR count). The molecule has 8 nitrogen and oxygen atoms in total. The fraction of sp³-hybridized carbons (Fsp3) is 0.385. The number of primary amides is 1. The zero-order valence-corrected chi connectivity index (χ0v) is 20.6. The summed E-state index contributed by atoms with van der Waals surface area (Å²) in [5.41, 5.74) is 7.03. The van der Waals surface area contributed by atoms with Crippen molar-refractivity contribution in [3.05, 3.63) is 58.6 Å². The summed E-state index contributed by atoms with van der Waals surface area (Å²) < 4.78 is 0. The van der Waals surface area contributed by atoms with Crippen LogP contribution in [0.5, 0.6) is 0 Å². The molecule has 0 aromatic heterocycles. The summed E-state index contributed by atoms with van der Waals surface area (Å²) >= 11 is 6.27. The van der Waals surface area contributed by atoms with Crippen LogP contribution in [0.4, 0.5) is 16.2 Å². The number of nitrogens with two attached hydrogens (primary N) is 1. The van der Waals surface area contributed by atoms with Gasteiger partial charge in [0.15, 0.2) is 0 Å². The summed E-state index contributed by atoms with van der Waals surface area (Å²) in [4.78, 5) is 55.7. The van der Waals surface area contributed by atoms with Gasteiger partial charge < -0.3 is 11.1 Å². The van der Waals surface area contributed by atoms with Crippen molar-refractivity contribution in [2.24, 2.45) is 5.73 Å². The quantitative estimate of drug-likeness (QED) is 0.580. The van der Waals surface area contributed by atoms with Crippen LogP contribution in [0.3, 0.4) is 0 Å². The van der Waals surface area contributed by atoms with Crippen LogP contribution in [0.2, 0.25) is 5.02 Å². The van der Waals surface area contributed by atoms with Crippen LogP contribution in [-0.4, -0.2) is 40.2 Å². The Hall–Kier alpha value is -3.39. The van der Waals surface area contributed by atoms with Crippen molar-refractivity contribution in [2.45, 2.75) is 64.0 Å². The van der Waals surface area contributed by atoms with E-state index in [0.29, 0.717) is 34.8 Å². The van der Waals surface area contributed by atoms with Gasteiger partial charge in [-0.2, -0.15) is 0 Å². The third-order valence-electron chi connectivity index (χ3n) is 6.89. The Morgan fingerprint density at radius 3 is 2.31 bits per heavy atom. The maximum atomic E-state index is 14.0. The van der Waals surface area contributed by atoms with Crippen molar-refractivity contribution in [2.75, 3.05) is 10.2 Å². The molecule has 1 aliphatic heterocycles. The van der Waals surface area contributed by atoms with Gasteiger partial charge in [0.25, 0.3) is 5.91 Å². The second-order valence-corrected chi connectivity index (χ2v) is 9.74. The Labute approximate surface area is 209 Å². The third kappa shape index (κ3) is 4.50. The zero-order chi connectivity index (χ0) is 25.3. The molecule has 9 heteroatoms. The van der Waals surface area contributed by atoms with E-state index in [1.165, 1.54) is 4.90 Å². The molecule has 35 heavy (non-hydrogen) atoms. The SMILES string of the molecule is Cc1ccc(N2C(=O)N(C(CC(N)=O)C(=O)Nc3c(C)cccc3Cl)C(=O)C23CCCCC3)cc1. The number of carbonyl (C=O) groups is 4. The monoisotopic (exact) mass is 496 g/mol. The van der Waals surface area contributed by atoms with E-state index in [9.17, 15) is 19.2 Å². The summed E-state index contributed by atoms with van der Waals surface area (Å²) in [6.45, 7) is 3.71. The van der Waals surface area contributed by atoms with Crippen molar-refractivity contribution in [3.63, 3.8) is 0 Å². The Morgan fingerprint density at radius 1 is 1.06 bits per heavy atom. The molecule has 2 aromatic carbocycles. The first kappa shape index (κ1) is 24.7. The molecular formula is C26H29ClN4O4. The molecule has 1 atom stereocenters. The smallest absolute Gasteiger partial charge is 0.332 e. The molecule has 0 bridgehead atoms. The average Bonchev–Trinajstić information content (AvgIpc) is 3.01. The molecule has 2 fully saturated rings. The minimum Gasteiger partial charge on any atom is -0.370 e. The maximum absolute atomic E-state index is 14.0. The fourth-order valence-corrected chi connectivity index (χ4v) is 5.36. The van der Waals surface area contributed by atoms with Gasteiger partial charge >= 0.3 is 6.03 Å². The molecule has 1 unspecified atom stereocenters. The highest BCUT2D eigenvalue weighted by Gasteiger charge is 2.60. The topological polar surface area (TPSA) is 113 Å². The van der Waals surface area contributed by atoms with E-state index in [4.69, 9.17) is 17.3 Å². The number of nitrogens with one attached hydrogen (secondary N) is 1. The Kier molecular flexibility index (Phi) is 6.85. The van der Waals surface area contributed by atoms with E-state index in [-0.39, 0.29) is 0 Å². The molecule has 1 aliphatic carbocycles. The normalized spacial score (nSPS) is 18.1. The van der Waals surface area contributed by atoms with Gasteiger partial charge in [-0.25, -0.2) is 9.69 Å². The van der Waals surface area contributed by atoms with Gasteiger partial charge in [-0.05, 0) is 50.5 Å². The number of nitrogens with zero attached hydrogens (tertiary/aromatic N) is 2. The lowest BCUT2D eigenvalue weighted by molar-refractivity contribution is -0.138. The number of urea groups is 1. The fourth-order valence-electron chi connectivity index (χ4n) is 5.09. The van der Waals surface area contributed by atoms with E-state index in [0.717, 1.165) is 29.7 Å². The van der Waals surface area contributed by atoms with Crippen molar-refractivity contribution in [1.82, 2.24) is 4.90 Å². The molecule has 1 saturated carbocycles. The molecule has 1 saturated heterocycles. The maximum Gasteiger partial charge on any atom is 0.332 e. The Morgan fingerprint density at radius 2 is 1.71 bits per heavy atom. The Bertz CT molecular complexity index is 1150. The summed E-state index contributed by atoms with van der Waals surface area (Å²) in [5.74, 6) is -1.97. The van der Waals surface area contributed by atoms with Crippen LogP contribution >= 0.6 is 11.6 Å². The molecule has 1 spiro atoms. The molecule has 2 aliphatic rings. The standard InChI is InChI=1S/C26H29ClN4O4/c1-16-9-11-18(12-10-16)31-25(35)30(24(34)26(31)13-4-3-5-14-26)20(15-21(28)32)23(33)29-22-17(2)7-6-8-19(22)27/h6-12,20H,3-5,13-15H2,1-2H3,(H2,28,32)(H,29,33). The largest absolute Gasteiger partial charge is 0.370 e. The minimum atomic E-state index is -1.41. The molecule has 184 valence electrons. The summed E-state index contributed by atoms with van der Waals surface area (Å²) in [5, 5.41) is 3.02. The highest BCUT2D eigenvalue weighted by Crippen LogP contribution is 2.44. The number of benzene rings is 2. The minimum absolute atomic E-state index is 0.306. The molecule has 2 aromatic rings. The first-order chi connectivity index (χ1) is 16.7. The van der Waals surface area contributed by atoms with Gasteiger partial charge in [-0.3, -0.25) is 19.3 Å². The van der Waals surface area contributed by atoms with Gasteiger partial charge in [-0.1, -0.05) is 60.7 Å². The second kappa shape index (κ2) is 9.70. The average molecular weight is 497 g/mol. The van der Waals surface area contributed by atoms with Crippen molar-refractivity contribution in [1.29, 1.82) is 0 Å². The molecular weight excluding hydrogens is 468 g/mol. The van der Waals surface area contributed by atoms with Crippen molar-refractivity contribution in [3.8, 4) is 0 Å². The highest BCUT2D eigenvalue weighted by atomic mass is 35.5. The van der Waals surface area contributed by atoms with Gasteiger partial charge in [0.1, 0.15) is 11.6 Å². The molecule has 0 radical (unpaired) electrons. The van der Waals surface area contributed by atoms with E-state index in [1.807, 2.05) is 19.1 Å². The summed E-state index contributed by atoms with van der Waals surface area (Å²) in [7, 11) is 0. The molecule has 5 amide bonds. The van der Waals surface area contributed by atoms with Crippen molar-refractivity contribution >= 4 is 46.7 Å². The lowest BCUT2D eigenvalue weighted by atomic mass is 9.80. The lowest BCUT2D eigenvalue weighted by Gasteiger charge is -2.38. The van der Waals surface area contributed by atoms with Gasteiger partial charge in [0, 0.05) is 5.69 Å². The summed E-state index contributed by atoms with van der Waals surface area (Å²) in [6.07, 6.45) is 2.99. The van der Waals surface area contributed by atoms with Crippen LogP contribution in [0.1, 0.15) is 49.7 Å². The number of imide groups is 1. The first-order valence-corrected chi connectivity index (χ1v) is 12.1. The third-order valence-corrected chi connectivity index (χ3v) is 7.21. The van der Waals surface area contributed by atoms with Crippen LogP contribution in [0, 0.1) is 13.8 Å². The predicted molar refractivity (Wildman–Crippen MR) is 134 cm³/mol. The number of anilines is 2. The number of amides is 5. The zero-order valence-electron chi connectivity index (χ0n) is 19.8. The number of para-hydroxylation sites is 1. The second-order valence-electron chi connectivity index (χ2n) is 9.33. The number of carbonyl (C=O) groups excluding carboxylic acids is 4. The van der Waals surface area contributed by atoms with E-state index >= 15 is 0 Å².